The first-order valence-corrected chi connectivity index (χ1v) is 13.9. The zero-order valence-electron chi connectivity index (χ0n) is 22.7. The van der Waals surface area contributed by atoms with E-state index in [1.807, 2.05) is 25.3 Å². The summed E-state index contributed by atoms with van der Waals surface area (Å²) in [5.74, 6) is 0.632. The van der Waals surface area contributed by atoms with E-state index in [2.05, 4.69) is 32.3 Å². The first kappa shape index (κ1) is 26.4. The molecule has 1 unspecified atom stereocenters. The summed E-state index contributed by atoms with van der Waals surface area (Å²) < 4.78 is 17.5. The number of hydrogen-bond donors (Lipinski definition) is 2. The van der Waals surface area contributed by atoms with Crippen molar-refractivity contribution in [2.45, 2.75) is 50.4 Å². The summed E-state index contributed by atoms with van der Waals surface area (Å²) in [5, 5.41) is 23.7. The van der Waals surface area contributed by atoms with Gasteiger partial charge in [-0.1, -0.05) is 0 Å². The Bertz CT molecular complexity index is 1390. The van der Waals surface area contributed by atoms with Crippen LogP contribution in [0, 0.1) is 18.3 Å². The van der Waals surface area contributed by atoms with Crippen LogP contribution in [0.1, 0.15) is 48.9 Å². The van der Waals surface area contributed by atoms with Crippen molar-refractivity contribution in [3.05, 3.63) is 59.8 Å². The van der Waals surface area contributed by atoms with Gasteiger partial charge in [-0.25, -0.2) is 4.98 Å². The average Bonchev–Trinajstić information content (AvgIpc) is 3.81. The van der Waals surface area contributed by atoms with Crippen molar-refractivity contribution in [2.75, 3.05) is 49.7 Å². The minimum absolute atomic E-state index is 0.0842. The SMILES string of the molecule is Cc1ncc(NC(O)c2ccnc(C3(C#N)CC3)c2)cc1-c1cnc(OC2CCOCC2)c(N2CCOCC2)c1. The standard InChI is InChI=1S/C30H34N6O4/c1-20-25(16-23(18-33-20)35-28(37)21-2-7-32-27(15-21)30(19-31)5-6-30)22-14-26(36-8-12-39-13-9-36)29(34-17-22)40-24-3-10-38-11-4-24/h2,7,14-18,24,28,35,37H,3-6,8-13H2,1H3. The third-order valence-corrected chi connectivity index (χ3v) is 7.89. The van der Waals surface area contributed by atoms with Crippen molar-refractivity contribution in [1.82, 2.24) is 15.0 Å². The summed E-state index contributed by atoms with van der Waals surface area (Å²) in [6.07, 6.45) is 7.59. The molecule has 2 aliphatic heterocycles. The van der Waals surface area contributed by atoms with Gasteiger partial charge in [-0.15, -0.1) is 0 Å². The number of ether oxygens (including phenoxy) is 3. The Labute approximate surface area is 233 Å². The van der Waals surface area contributed by atoms with Crippen LogP contribution in [-0.4, -0.2) is 65.7 Å². The lowest BCUT2D eigenvalue weighted by atomic mass is 10.0. The van der Waals surface area contributed by atoms with Gasteiger partial charge >= 0.3 is 0 Å². The van der Waals surface area contributed by atoms with E-state index in [0.29, 0.717) is 49.3 Å². The van der Waals surface area contributed by atoms with Gasteiger partial charge in [-0.2, -0.15) is 5.26 Å². The van der Waals surface area contributed by atoms with Crippen LogP contribution >= 0.6 is 0 Å². The number of anilines is 2. The molecule has 3 aromatic heterocycles. The summed E-state index contributed by atoms with van der Waals surface area (Å²) in [6.45, 7) is 6.21. The molecule has 0 bridgehead atoms. The Balaban J connectivity index is 1.26. The minimum atomic E-state index is -0.981. The van der Waals surface area contributed by atoms with Crippen LogP contribution in [0.3, 0.4) is 0 Å². The molecule has 0 spiro atoms. The number of morpholine rings is 1. The highest BCUT2D eigenvalue weighted by Crippen LogP contribution is 2.47. The predicted molar refractivity (Wildman–Crippen MR) is 149 cm³/mol. The highest BCUT2D eigenvalue weighted by Gasteiger charge is 2.46. The molecule has 40 heavy (non-hydrogen) atoms. The van der Waals surface area contributed by atoms with E-state index in [0.717, 1.165) is 61.3 Å². The van der Waals surface area contributed by atoms with Gasteiger partial charge in [0.05, 0.1) is 55.5 Å². The third kappa shape index (κ3) is 5.59. The normalized spacial score (nSPS) is 19.5. The fourth-order valence-corrected chi connectivity index (χ4v) is 5.24. The molecular formula is C30H34N6O4. The van der Waals surface area contributed by atoms with Crippen molar-refractivity contribution < 1.29 is 19.3 Å². The predicted octanol–water partition coefficient (Wildman–Crippen LogP) is 3.90. The second-order valence-corrected chi connectivity index (χ2v) is 10.6. The van der Waals surface area contributed by atoms with Crippen LogP contribution in [0.15, 0.2) is 42.9 Å². The number of pyridine rings is 3. The monoisotopic (exact) mass is 542 g/mol. The van der Waals surface area contributed by atoms with E-state index in [1.165, 1.54) is 0 Å². The van der Waals surface area contributed by atoms with E-state index in [9.17, 15) is 10.4 Å². The highest BCUT2D eigenvalue weighted by atomic mass is 16.5. The van der Waals surface area contributed by atoms with E-state index < -0.39 is 11.6 Å². The number of aryl methyl sites for hydroxylation is 1. The number of nitrogens with zero attached hydrogens (tertiary/aromatic N) is 5. The van der Waals surface area contributed by atoms with Crippen molar-refractivity contribution >= 4 is 11.4 Å². The maximum atomic E-state index is 11.0. The summed E-state index contributed by atoms with van der Waals surface area (Å²) in [7, 11) is 0. The molecule has 5 heterocycles. The molecule has 208 valence electrons. The number of nitrogens with one attached hydrogen (secondary N) is 1. The lowest BCUT2D eigenvalue weighted by molar-refractivity contribution is 0.0238. The molecule has 1 aliphatic carbocycles. The number of rotatable bonds is 8. The van der Waals surface area contributed by atoms with Gasteiger partial charge in [-0.3, -0.25) is 9.97 Å². The molecule has 1 atom stereocenters. The van der Waals surface area contributed by atoms with Gasteiger partial charge in [-0.05, 0) is 44.0 Å². The van der Waals surface area contributed by atoms with Crippen LogP contribution in [0.5, 0.6) is 5.88 Å². The lowest BCUT2D eigenvalue weighted by Crippen LogP contribution is -2.37. The maximum absolute atomic E-state index is 11.0. The first-order valence-electron chi connectivity index (χ1n) is 13.9. The number of aromatic nitrogens is 3. The van der Waals surface area contributed by atoms with E-state index in [-0.39, 0.29) is 6.10 Å². The topological polar surface area (TPSA) is 126 Å². The zero-order valence-corrected chi connectivity index (χ0v) is 22.7. The largest absolute Gasteiger partial charge is 0.473 e. The number of aliphatic hydroxyl groups is 1. The summed E-state index contributed by atoms with van der Waals surface area (Å²) >= 11 is 0. The van der Waals surface area contributed by atoms with Gasteiger partial charge in [0, 0.05) is 60.7 Å². The van der Waals surface area contributed by atoms with Crippen molar-refractivity contribution in [1.29, 1.82) is 5.26 Å². The van der Waals surface area contributed by atoms with E-state index in [4.69, 9.17) is 19.2 Å². The van der Waals surface area contributed by atoms with Crippen LogP contribution in [0.25, 0.3) is 11.1 Å². The first-order chi connectivity index (χ1) is 19.5. The Hall–Kier alpha value is -3.78. The molecule has 0 aromatic carbocycles. The molecule has 0 radical (unpaired) electrons. The average molecular weight is 543 g/mol. The van der Waals surface area contributed by atoms with Crippen LogP contribution in [-0.2, 0) is 14.9 Å². The molecule has 2 N–H and O–H groups in total. The van der Waals surface area contributed by atoms with E-state index >= 15 is 0 Å². The molecule has 10 heteroatoms. The van der Waals surface area contributed by atoms with Crippen LogP contribution in [0.4, 0.5) is 11.4 Å². The molecule has 6 rings (SSSR count). The smallest absolute Gasteiger partial charge is 0.237 e. The Morgan fingerprint density at radius 3 is 2.60 bits per heavy atom. The second-order valence-electron chi connectivity index (χ2n) is 10.6. The molecule has 3 aliphatic rings. The van der Waals surface area contributed by atoms with Gasteiger partial charge in [0.1, 0.15) is 11.8 Å². The third-order valence-electron chi connectivity index (χ3n) is 7.89. The van der Waals surface area contributed by atoms with Crippen molar-refractivity contribution in [2.24, 2.45) is 0 Å². The molecule has 1 saturated carbocycles. The summed E-state index contributed by atoms with van der Waals surface area (Å²) in [6, 6.07) is 10.0. The zero-order chi connectivity index (χ0) is 27.5. The lowest BCUT2D eigenvalue weighted by Gasteiger charge is -2.31. The number of nitriles is 1. The van der Waals surface area contributed by atoms with Gasteiger partial charge in [0.25, 0.3) is 0 Å². The molecule has 2 saturated heterocycles. The maximum Gasteiger partial charge on any atom is 0.237 e. The molecule has 3 fully saturated rings. The quantitative estimate of drug-likeness (QED) is 0.405. The molecular weight excluding hydrogens is 508 g/mol. The van der Waals surface area contributed by atoms with Gasteiger partial charge in [0.15, 0.2) is 6.23 Å². The number of aliphatic hydroxyl groups excluding tert-OH is 1. The van der Waals surface area contributed by atoms with Crippen LogP contribution in [0.2, 0.25) is 0 Å². The Morgan fingerprint density at radius 2 is 1.85 bits per heavy atom. The molecule has 10 nitrogen and oxygen atoms in total. The minimum Gasteiger partial charge on any atom is -0.473 e. The fraction of sp³-hybridized carbons (Fsp3) is 0.467. The highest BCUT2D eigenvalue weighted by molar-refractivity contribution is 5.74. The molecule has 3 aromatic rings. The van der Waals surface area contributed by atoms with Gasteiger partial charge in [0.2, 0.25) is 5.88 Å². The van der Waals surface area contributed by atoms with Crippen LogP contribution < -0.4 is 15.0 Å². The second kappa shape index (κ2) is 11.4. The molecule has 0 amide bonds. The Morgan fingerprint density at radius 1 is 1.07 bits per heavy atom. The number of hydrogen-bond acceptors (Lipinski definition) is 10. The Kier molecular flexibility index (Phi) is 7.52. The fourth-order valence-electron chi connectivity index (χ4n) is 5.24. The van der Waals surface area contributed by atoms with Gasteiger partial charge < -0.3 is 29.5 Å². The summed E-state index contributed by atoms with van der Waals surface area (Å²) in [4.78, 5) is 16.0. The van der Waals surface area contributed by atoms with Crippen molar-refractivity contribution in [3.63, 3.8) is 0 Å². The van der Waals surface area contributed by atoms with Crippen molar-refractivity contribution in [3.8, 4) is 23.1 Å². The summed E-state index contributed by atoms with van der Waals surface area (Å²) in [5.41, 5.74) is 5.14. The van der Waals surface area contributed by atoms with E-state index in [1.54, 1.807) is 18.5 Å².